The Balaban J connectivity index is 1.57. The van der Waals surface area contributed by atoms with Gasteiger partial charge in [-0.2, -0.15) is 0 Å². The molecule has 7 heteroatoms. The number of hydrogen-bond donors (Lipinski definition) is 1. The van der Waals surface area contributed by atoms with Gasteiger partial charge < -0.3 is 15.0 Å². The number of methoxy groups -OCH3 is 1. The molecule has 4 aromatic rings. The second-order valence-electron chi connectivity index (χ2n) is 8.16. The molecule has 2 heterocycles. The van der Waals surface area contributed by atoms with Crippen LogP contribution in [-0.4, -0.2) is 40.6 Å². The molecular formula is C26H25ClN4O2. The molecule has 168 valence electrons. The van der Waals surface area contributed by atoms with Crippen molar-refractivity contribution in [2.24, 2.45) is 0 Å². The number of halogens is 1. The highest BCUT2D eigenvalue weighted by Gasteiger charge is 2.20. The van der Waals surface area contributed by atoms with Gasteiger partial charge in [0.1, 0.15) is 5.75 Å². The summed E-state index contributed by atoms with van der Waals surface area (Å²) in [4.78, 5) is 19.8. The molecule has 1 aliphatic rings. The molecule has 0 unspecified atom stereocenters. The van der Waals surface area contributed by atoms with Gasteiger partial charge in [0.25, 0.3) is 5.91 Å². The Kier molecular flexibility index (Phi) is 5.92. The quantitative estimate of drug-likeness (QED) is 0.393. The van der Waals surface area contributed by atoms with Crippen LogP contribution >= 0.6 is 11.6 Å². The predicted octanol–water partition coefficient (Wildman–Crippen LogP) is 6.06. The van der Waals surface area contributed by atoms with E-state index in [1.807, 2.05) is 76.2 Å². The van der Waals surface area contributed by atoms with Crippen LogP contribution in [0, 0.1) is 0 Å². The number of hydrogen-bond acceptors (Lipinski definition) is 4. The van der Waals surface area contributed by atoms with Crippen LogP contribution in [0.3, 0.4) is 0 Å². The van der Waals surface area contributed by atoms with Crippen molar-refractivity contribution in [3.05, 3.63) is 77.3 Å². The number of ether oxygens (including phenoxy) is 1. The molecule has 1 saturated heterocycles. The Hall–Kier alpha value is -3.51. The Morgan fingerprint density at radius 3 is 2.52 bits per heavy atom. The van der Waals surface area contributed by atoms with Crippen molar-refractivity contribution < 1.29 is 9.53 Å². The molecule has 1 fully saturated rings. The number of piperidine rings is 1. The van der Waals surface area contributed by atoms with Crippen molar-refractivity contribution in [2.45, 2.75) is 19.3 Å². The number of imidazole rings is 1. The van der Waals surface area contributed by atoms with Crippen LogP contribution in [-0.2, 0) is 0 Å². The van der Waals surface area contributed by atoms with Crippen molar-refractivity contribution >= 4 is 40.2 Å². The molecule has 0 spiro atoms. The van der Waals surface area contributed by atoms with Crippen molar-refractivity contribution in [3.8, 4) is 11.4 Å². The van der Waals surface area contributed by atoms with Gasteiger partial charge in [-0.3, -0.25) is 9.36 Å². The van der Waals surface area contributed by atoms with Crippen molar-refractivity contribution in [1.29, 1.82) is 0 Å². The molecule has 33 heavy (non-hydrogen) atoms. The first kappa shape index (κ1) is 21.3. The molecule has 1 aromatic heterocycles. The largest absolute Gasteiger partial charge is 0.497 e. The first-order valence-electron chi connectivity index (χ1n) is 11.1. The molecule has 1 N–H and O–H groups in total. The van der Waals surface area contributed by atoms with Crippen LogP contribution in [0.2, 0.25) is 5.02 Å². The number of aromatic nitrogens is 2. The predicted molar refractivity (Wildman–Crippen MR) is 132 cm³/mol. The van der Waals surface area contributed by atoms with Crippen LogP contribution in [0.4, 0.5) is 11.6 Å². The summed E-state index contributed by atoms with van der Waals surface area (Å²) in [5.74, 6) is 1.49. The molecule has 6 nitrogen and oxygen atoms in total. The molecular weight excluding hydrogens is 436 g/mol. The van der Waals surface area contributed by atoms with Crippen LogP contribution in [0.15, 0.2) is 66.7 Å². The maximum absolute atomic E-state index is 13.0. The molecule has 0 saturated carbocycles. The Morgan fingerprint density at radius 1 is 1.00 bits per heavy atom. The third-order valence-electron chi connectivity index (χ3n) is 5.96. The van der Waals surface area contributed by atoms with Gasteiger partial charge in [-0.05, 0) is 79.9 Å². The Bertz CT molecular complexity index is 1290. The summed E-state index contributed by atoms with van der Waals surface area (Å²) in [6, 6.07) is 21.0. The Labute approximate surface area is 197 Å². The van der Waals surface area contributed by atoms with Gasteiger partial charge in [0.15, 0.2) is 0 Å². The molecule has 5 rings (SSSR count). The van der Waals surface area contributed by atoms with Crippen molar-refractivity contribution in [3.63, 3.8) is 0 Å². The third-order valence-corrected chi connectivity index (χ3v) is 6.19. The number of rotatable bonds is 5. The number of anilines is 2. The topological polar surface area (TPSA) is 59.4 Å². The van der Waals surface area contributed by atoms with E-state index in [0.717, 1.165) is 54.1 Å². The molecule has 0 atom stereocenters. The second kappa shape index (κ2) is 9.16. The average molecular weight is 461 g/mol. The number of carbonyl (C=O) groups is 1. The highest BCUT2D eigenvalue weighted by Crippen LogP contribution is 2.30. The first-order chi connectivity index (χ1) is 16.1. The minimum atomic E-state index is 0.0681. The number of amides is 1. The summed E-state index contributed by atoms with van der Waals surface area (Å²) in [7, 11) is 1.64. The lowest BCUT2D eigenvalue weighted by atomic mass is 10.1. The van der Waals surface area contributed by atoms with Crippen LogP contribution in [0.25, 0.3) is 16.7 Å². The van der Waals surface area contributed by atoms with Gasteiger partial charge >= 0.3 is 0 Å². The third kappa shape index (κ3) is 4.39. The van der Waals surface area contributed by atoms with Gasteiger partial charge in [0.05, 0.1) is 23.8 Å². The van der Waals surface area contributed by atoms with Crippen LogP contribution in [0.5, 0.6) is 5.75 Å². The van der Waals surface area contributed by atoms with Crippen LogP contribution < -0.4 is 10.1 Å². The summed E-state index contributed by atoms with van der Waals surface area (Å²) >= 11 is 6.29. The lowest BCUT2D eigenvalue weighted by Crippen LogP contribution is -2.35. The van der Waals surface area contributed by atoms with Gasteiger partial charge in [-0.1, -0.05) is 17.7 Å². The molecule has 0 bridgehead atoms. The molecule has 0 radical (unpaired) electrons. The fourth-order valence-electron chi connectivity index (χ4n) is 4.26. The van der Waals surface area contributed by atoms with Crippen LogP contribution in [0.1, 0.15) is 29.6 Å². The monoisotopic (exact) mass is 460 g/mol. The number of nitrogens with zero attached hydrogens (tertiary/aromatic N) is 3. The first-order valence-corrected chi connectivity index (χ1v) is 11.5. The smallest absolute Gasteiger partial charge is 0.253 e. The van der Waals surface area contributed by atoms with Gasteiger partial charge in [-0.15, -0.1) is 0 Å². The number of likely N-dealkylation sites (tertiary alicyclic amines) is 1. The van der Waals surface area contributed by atoms with E-state index in [9.17, 15) is 4.79 Å². The zero-order valence-corrected chi connectivity index (χ0v) is 19.2. The lowest BCUT2D eigenvalue weighted by molar-refractivity contribution is 0.0724. The number of benzene rings is 3. The van der Waals surface area contributed by atoms with E-state index in [-0.39, 0.29) is 5.91 Å². The van der Waals surface area contributed by atoms with E-state index < -0.39 is 0 Å². The maximum atomic E-state index is 13.0. The van der Waals surface area contributed by atoms with Crippen molar-refractivity contribution in [2.75, 3.05) is 25.5 Å². The number of fused-ring (bicyclic) bond motifs is 1. The highest BCUT2D eigenvalue weighted by molar-refractivity contribution is 6.30. The zero-order valence-electron chi connectivity index (χ0n) is 18.4. The highest BCUT2D eigenvalue weighted by atomic mass is 35.5. The summed E-state index contributed by atoms with van der Waals surface area (Å²) in [6.45, 7) is 1.64. The lowest BCUT2D eigenvalue weighted by Gasteiger charge is -2.26. The van der Waals surface area contributed by atoms with Gasteiger partial charge in [0.2, 0.25) is 5.95 Å². The SMILES string of the molecule is COc1ccc(Nc2nc3cc(C(=O)N4CCCCC4)ccc3n2-c2cccc(Cl)c2)cc1. The standard InChI is InChI=1S/C26H25ClN4O2/c1-33-22-11-9-20(10-12-22)28-26-29-23-16-18(25(32)30-14-3-2-4-15-30)8-13-24(23)31(26)21-7-5-6-19(27)17-21/h5-13,16-17H,2-4,14-15H2,1H3,(H,28,29). The zero-order chi connectivity index (χ0) is 22.8. The van der Waals surface area contributed by atoms with E-state index in [4.69, 9.17) is 21.3 Å². The molecule has 1 aliphatic heterocycles. The number of nitrogens with one attached hydrogen (secondary N) is 1. The molecule has 0 aliphatic carbocycles. The minimum absolute atomic E-state index is 0.0681. The summed E-state index contributed by atoms with van der Waals surface area (Å²) < 4.78 is 7.27. The van der Waals surface area contributed by atoms with E-state index in [1.54, 1.807) is 7.11 Å². The van der Waals surface area contributed by atoms with Crippen molar-refractivity contribution in [1.82, 2.24) is 14.5 Å². The van der Waals surface area contributed by atoms with E-state index in [0.29, 0.717) is 16.5 Å². The molecule has 1 amide bonds. The fraction of sp³-hybridized carbons (Fsp3) is 0.231. The van der Waals surface area contributed by atoms with E-state index >= 15 is 0 Å². The molecule has 3 aromatic carbocycles. The summed E-state index contributed by atoms with van der Waals surface area (Å²) in [5.41, 5.74) is 4.06. The summed E-state index contributed by atoms with van der Waals surface area (Å²) in [6.07, 6.45) is 3.31. The Morgan fingerprint density at radius 2 is 1.79 bits per heavy atom. The van der Waals surface area contributed by atoms with E-state index in [2.05, 4.69) is 5.32 Å². The average Bonchev–Trinajstić information content (AvgIpc) is 3.21. The normalized spacial score (nSPS) is 13.8. The number of carbonyl (C=O) groups excluding carboxylic acids is 1. The second-order valence-corrected chi connectivity index (χ2v) is 8.60. The van der Waals surface area contributed by atoms with Gasteiger partial charge in [-0.25, -0.2) is 4.98 Å². The summed E-state index contributed by atoms with van der Waals surface area (Å²) in [5, 5.41) is 4.04. The maximum Gasteiger partial charge on any atom is 0.253 e. The minimum Gasteiger partial charge on any atom is -0.497 e. The fourth-order valence-corrected chi connectivity index (χ4v) is 4.44. The van der Waals surface area contributed by atoms with E-state index in [1.165, 1.54) is 6.42 Å². The van der Waals surface area contributed by atoms with Gasteiger partial charge in [0, 0.05) is 29.4 Å².